The molecule has 3 nitrogen and oxygen atoms in total. The van der Waals surface area contributed by atoms with Gasteiger partial charge in [-0.25, -0.2) is 14.4 Å². The second-order valence-corrected chi connectivity index (χ2v) is 5.66. The molecule has 0 aliphatic heterocycles. The Morgan fingerprint density at radius 2 is 2.00 bits per heavy atom. The molecule has 0 radical (unpaired) electrons. The van der Waals surface area contributed by atoms with Gasteiger partial charge in [-0.05, 0) is 56.5 Å². The van der Waals surface area contributed by atoms with Crippen LogP contribution in [0.2, 0.25) is 0 Å². The highest BCUT2D eigenvalue weighted by molar-refractivity contribution is 9.10. The molecule has 1 aromatic heterocycles. The van der Waals surface area contributed by atoms with E-state index in [1.54, 1.807) is 12.1 Å². The van der Waals surface area contributed by atoms with Crippen molar-refractivity contribution in [3.8, 4) is 0 Å². The van der Waals surface area contributed by atoms with Crippen molar-refractivity contribution < 1.29 is 4.39 Å². The Kier molecular flexibility index (Phi) is 4.87. The molecular formula is C13H12Br2FN3. The van der Waals surface area contributed by atoms with E-state index in [2.05, 4.69) is 54.1 Å². The summed E-state index contributed by atoms with van der Waals surface area (Å²) in [6, 6.07) is 6.26. The lowest BCUT2D eigenvalue weighted by atomic mass is 10.3. The number of halogens is 3. The number of rotatable bonds is 4. The molecule has 1 aromatic carbocycles. The van der Waals surface area contributed by atoms with Crippen molar-refractivity contribution >= 4 is 43.4 Å². The van der Waals surface area contributed by atoms with Crippen LogP contribution >= 0.6 is 31.9 Å². The molecule has 0 aliphatic carbocycles. The van der Waals surface area contributed by atoms with Gasteiger partial charge in [-0.1, -0.05) is 6.92 Å². The number of aryl methyl sites for hydroxylation is 1. The lowest BCUT2D eigenvalue weighted by molar-refractivity contribution is 0.627. The van der Waals surface area contributed by atoms with Crippen LogP contribution in [0.25, 0.3) is 0 Å². The molecule has 0 spiro atoms. The summed E-state index contributed by atoms with van der Waals surface area (Å²) in [6.45, 7) is 2.08. The highest BCUT2D eigenvalue weighted by Gasteiger charge is 2.06. The molecule has 0 unspecified atom stereocenters. The quantitative estimate of drug-likeness (QED) is 0.761. The van der Waals surface area contributed by atoms with Gasteiger partial charge in [0.25, 0.3) is 0 Å². The largest absolute Gasteiger partial charge is 0.339 e. The van der Waals surface area contributed by atoms with Gasteiger partial charge in [-0.2, -0.15) is 0 Å². The van der Waals surface area contributed by atoms with Gasteiger partial charge in [0.1, 0.15) is 22.1 Å². The highest BCUT2D eigenvalue weighted by Crippen LogP contribution is 2.26. The van der Waals surface area contributed by atoms with Crippen molar-refractivity contribution in [3.05, 3.63) is 45.0 Å². The number of hydrogen-bond acceptors (Lipinski definition) is 3. The maximum atomic E-state index is 13.0. The van der Waals surface area contributed by atoms with Gasteiger partial charge in [0.2, 0.25) is 0 Å². The van der Waals surface area contributed by atoms with Crippen LogP contribution in [-0.2, 0) is 6.42 Å². The molecule has 2 aromatic rings. The molecule has 0 bridgehead atoms. The lowest BCUT2D eigenvalue weighted by Gasteiger charge is -2.09. The van der Waals surface area contributed by atoms with Gasteiger partial charge in [0.05, 0.1) is 5.69 Å². The lowest BCUT2D eigenvalue weighted by Crippen LogP contribution is -2.01. The van der Waals surface area contributed by atoms with Gasteiger partial charge in [0, 0.05) is 17.0 Å². The summed E-state index contributed by atoms with van der Waals surface area (Å²) in [5.74, 6) is 1.17. The van der Waals surface area contributed by atoms with Crippen LogP contribution in [0.15, 0.2) is 33.3 Å². The molecule has 6 heteroatoms. The van der Waals surface area contributed by atoms with E-state index in [1.807, 2.05) is 0 Å². The van der Waals surface area contributed by atoms with E-state index in [4.69, 9.17) is 0 Å². The molecule has 0 atom stereocenters. The van der Waals surface area contributed by atoms with Gasteiger partial charge < -0.3 is 5.32 Å². The van der Waals surface area contributed by atoms with Crippen molar-refractivity contribution in [2.24, 2.45) is 0 Å². The number of aromatic nitrogens is 2. The maximum Gasteiger partial charge on any atom is 0.135 e. The van der Waals surface area contributed by atoms with Crippen molar-refractivity contribution in [3.63, 3.8) is 0 Å². The molecule has 1 N–H and O–H groups in total. The molecule has 0 saturated carbocycles. The Hall–Kier alpha value is -1.01. The average molecular weight is 389 g/mol. The second-order valence-electron chi connectivity index (χ2n) is 3.99. The van der Waals surface area contributed by atoms with Crippen LogP contribution in [0.4, 0.5) is 15.9 Å². The van der Waals surface area contributed by atoms with E-state index in [-0.39, 0.29) is 5.82 Å². The van der Waals surface area contributed by atoms with Crippen LogP contribution in [0.3, 0.4) is 0 Å². The molecule has 1 heterocycles. The monoisotopic (exact) mass is 387 g/mol. The van der Waals surface area contributed by atoms with Gasteiger partial charge in [-0.15, -0.1) is 0 Å². The van der Waals surface area contributed by atoms with Crippen LogP contribution in [0.1, 0.15) is 19.2 Å². The van der Waals surface area contributed by atoms with E-state index in [9.17, 15) is 4.39 Å². The molecule has 0 fully saturated rings. The first kappa shape index (κ1) is 14.4. The maximum absolute atomic E-state index is 13.0. The Balaban J connectivity index is 2.27. The summed E-state index contributed by atoms with van der Waals surface area (Å²) in [5, 5.41) is 3.14. The minimum absolute atomic E-state index is 0.284. The van der Waals surface area contributed by atoms with E-state index in [0.717, 1.165) is 29.0 Å². The third-order valence-electron chi connectivity index (χ3n) is 2.41. The van der Waals surface area contributed by atoms with Crippen LogP contribution in [-0.4, -0.2) is 9.97 Å². The molecule has 0 amide bonds. The summed E-state index contributed by atoms with van der Waals surface area (Å²) in [5.41, 5.74) is 0.759. The van der Waals surface area contributed by atoms with Crippen LogP contribution in [0.5, 0.6) is 0 Å². The summed E-state index contributed by atoms with van der Waals surface area (Å²) >= 11 is 6.68. The minimum Gasteiger partial charge on any atom is -0.339 e. The number of benzene rings is 1. The second kappa shape index (κ2) is 6.43. The van der Waals surface area contributed by atoms with Gasteiger partial charge in [-0.3, -0.25) is 0 Å². The first-order valence-corrected chi connectivity index (χ1v) is 7.42. The van der Waals surface area contributed by atoms with E-state index in [1.165, 1.54) is 12.1 Å². The zero-order valence-electron chi connectivity index (χ0n) is 10.3. The Morgan fingerprint density at radius 1 is 1.21 bits per heavy atom. The van der Waals surface area contributed by atoms with Crippen molar-refractivity contribution in [1.82, 2.24) is 9.97 Å². The highest BCUT2D eigenvalue weighted by atomic mass is 79.9. The zero-order chi connectivity index (χ0) is 13.8. The predicted molar refractivity (Wildman–Crippen MR) is 81.1 cm³/mol. The molecule has 19 heavy (non-hydrogen) atoms. The average Bonchev–Trinajstić information content (AvgIpc) is 2.32. The molecule has 2 rings (SSSR count). The van der Waals surface area contributed by atoms with Gasteiger partial charge >= 0.3 is 0 Å². The zero-order valence-corrected chi connectivity index (χ0v) is 13.4. The van der Waals surface area contributed by atoms with Crippen LogP contribution in [0, 0.1) is 5.82 Å². The standard InChI is InChI=1S/C13H12Br2FN3/c1-2-3-12-18-11(15)7-13(19-12)17-10-5-4-8(16)6-9(10)14/h4-7H,2-3H2,1H3,(H,17,18,19). The Morgan fingerprint density at radius 3 is 2.68 bits per heavy atom. The first-order chi connectivity index (χ1) is 9.08. The fourth-order valence-electron chi connectivity index (χ4n) is 1.59. The van der Waals surface area contributed by atoms with Gasteiger partial charge in [0.15, 0.2) is 0 Å². The topological polar surface area (TPSA) is 37.8 Å². The first-order valence-electron chi connectivity index (χ1n) is 5.84. The van der Waals surface area contributed by atoms with E-state index >= 15 is 0 Å². The predicted octanol–water partition coefficient (Wildman–Crippen LogP) is 4.84. The fourth-order valence-corrected chi connectivity index (χ4v) is 2.46. The third kappa shape index (κ3) is 3.98. The smallest absolute Gasteiger partial charge is 0.135 e. The number of hydrogen-bond donors (Lipinski definition) is 1. The summed E-state index contributed by atoms with van der Waals surface area (Å²) in [6.07, 6.45) is 1.80. The molecule has 0 aliphatic rings. The number of nitrogens with zero attached hydrogens (tertiary/aromatic N) is 2. The minimum atomic E-state index is -0.284. The third-order valence-corrected chi connectivity index (χ3v) is 3.47. The normalized spacial score (nSPS) is 10.5. The Labute approximate surface area is 127 Å². The summed E-state index contributed by atoms with van der Waals surface area (Å²) in [7, 11) is 0. The van der Waals surface area contributed by atoms with Crippen molar-refractivity contribution in [2.75, 3.05) is 5.32 Å². The molecule has 100 valence electrons. The summed E-state index contributed by atoms with van der Waals surface area (Å²) in [4.78, 5) is 8.71. The SMILES string of the molecule is CCCc1nc(Br)cc(Nc2ccc(F)cc2Br)n1. The summed E-state index contributed by atoms with van der Waals surface area (Å²) < 4.78 is 14.4. The fraction of sp³-hybridized carbons (Fsp3) is 0.231. The number of anilines is 2. The van der Waals surface area contributed by atoms with Crippen molar-refractivity contribution in [2.45, 2.75) is 19.8 Å². The number of nitrogens with one attached hydrogen (secondary N) is 1. The Bertz CT molecular complexity index is 590. The van der Waals surface area contributed by atoms with E-state index < -0.39 is 0 Å². The molecule has 0 saturated heterocycles. The molecular weight excluding hydrogens is 377 g/mol. The van der Waals surface area contributed by atoms with Crippen LogP contribution < -0.4 is 5.32 Å². The van der Waals surface area contributed by atoms with E-state index in [0.29, 0.717) is 10.3 Å². The van der Waals surface area contributed by atoms with Crippen molar-refractivity contribution in [1.29, 1.82) is 0 Å².